The zero-order valence-corrected chi connectivity index (χ0v) is 26.0. The number of ether oxygens (including phenoxy) is 2. The number of likely N-dealkylation sites (N-methyl/N-ethyl adjacent to an activating group) is 1. The number of nitrogens with zero attached hydrogens (tertiary/aromatic N) is 5. The topological polar surface area (TPSA) is 121 Å². The van der Waals surface area contributed by atoms with Crippen LogP contribution >= 0.6 is 22.9 Å². The van der Waals surface area contributed by atoms with Gasteiger partial charge in [-0.15, -0.1) is 11.3 Å². The number of hydrogen-bond acceptors (Lipinski definition) is 10. The minimum Gasteiger partial charge on any atom is -0.489 e. The predicted molar refractivity (Wildman–Crippen MR) is 167 cm³/mol. The highest BCUT2D eigenvalue weighted by Crippen LogP contribution is 2.51. The molecule has 2 fully saturated rings. The van der Waals surface area contributed by atoms with E-state index >= 15 is 4.39 Å². The highest BCUT2D eigenvalue weighted by atomic mass is 35.5. The molecule has 0 spiro atoms. The van der Waals surface area contributed by atoms with Gasteiger partial charge in [-0.3, -0.25) is 4.90 Å². The van der Waals surface area contributed by atoms with Gasteiger partial charge in [-0.25, -0.2) is 8.78 Å². The van der Waals surface area contributed by atoms with E-state index in [2.05, 4.69) is 9.88 Å². The van der Waals surface area contributed by atoms with Crippen molar-refractivity contribution in [3.05, 3.63) is 34.4 Å². The Morgan fingerprint density at radius 1 is 1.27 bits per heavy atom. The van der Waals surface area contributed by atoms with Gasteiger partial charge in [-0.1, -0.05) is 17.7 Å². The quantitative estimate of drug-likeness (QED) is 0.276. The molecule has 3 N–H and O–H groups in total. The molecule has 2 atom stereocenters. The van der Waals surface area contributed by atoms with Crippen LogP contribution < -0.4 is 20.1 Å². The van der Waals surface area contributed by atoms with Crippen molar-refractivity contribution in [1.82, 2.24) is 14.9 Å². The maximum atomic E-state index is 17.0. The molecule has 0 unspecified atom stereocenters. The van der Waals surface area contributed by atoms with E-state index in [1.54, 1.807) is 6.92 Å². The lowest BCUT2D eigenvalue weighted by Gasteiger charge is -2.47. The summed E-state index contributed by atoms with van der Waals surface area (Å²) in [4.78, 5) is 13.6. The molecule has 44 heavy (non-hydrogen) atoms. The summed E-state index contributed by atoms with van der Waals surface area (Å²) in [6.45, 7) is 5.32. The van der Waals surface area contributed by atoms with Crippen molar-refractivity contribution >= 4 is 54.7 Å². The van der Waals surface area contributed by atoms with Crippen LogP contribution in [0.1, 0.15) is 45.1 Å². The number of hydrogen-bond donors (Lipinski definition) is 2. The lowest BCUT2D eigenvalue weighted by molar-refractivity contribution is -0.0313. The maximum Gasteiger partial charge on any atom is 0.319 e. The van der Waals surface area contributed by atoms with Crippen LogP contribution in [0.4, 0.5) is 19.6 Å². The molecule has 0 radical (unpaired) electrons. The summed E-state index contributed by atoms with van der Waals surface area (Å²) >= 11 is 7.90. The molecular formula is C31H31ClF2N6O3S. The fourth-order valence-electron chi connectivity index (χ4n) is 7.03. The highest BCUT2D eigenvalue weighted by molar-refractivity contribution is 7.23. The second-order valence-electron chi connectivity index (χ2n) is 12.3. The minimum atomic E-state index is -0.810. The van der Waals surface area contributed by atoms with E-state index in [9.17, 15) is 14.8 Å². The summed E-state index contributed by atoms with van der Waals surface area (Å²) in [5, 5.41) is 21.0. The predicted octanol–water partition coefficient (Wildman–Crippen LogP) is 5.87. The van der Waals surface area contributed by atoms with Crippen LogP contribution in [0.15, 0.2) is 12.1 Å². The molecule has 2 aliphatic heterocycles. The first-order valence-corrected chi connectivity index (χ1v) is 15.8. The third kappa shape index (κ3) is 4.52. The van der Waals surface area contributed by atoms with E-state index in [-0.39, 0.29) is 78.9 Å². The number of benzene rings is 2. The highest BCUT2D eigenvalue weighted by Gasteiger charge is 2.44. The molecule has 1 saturated carbocycles. The van der Waals surface area contributed by atoms with Gasteiger partial charge >= 0.3 is 6.01 Å². The first-order valence-electron chi connectivity index (χ1n) is 14.6. The summed E-state index contributed by atoms with van der Waals surface area (Å²) < 4.78 is 44.5. The SMILES string of the molecule is C[C@H](Oc1nc2c3c(c(Cl)c(-c4ccc(F)c5sc(N)c(C#N)c45)c(F)c3n1)OCCN2C1CC(C)(O)C1)[C@@H]1CCCN1C. The van der Waals surface area contributed by atoms with Crippen LogP contribution in [-0.2, 0) is 0 Å². The van der Waals surface area contributed by atoms with Crippen LogP contribution in [0.3, 0.4) is 0 Å². The summed E-state index contributed by atoms with van der Waals surface area (Å²) in [6, 6.07) is 4.73. The summed E-state index contributed by atoms with van der Waals surface area (Å²) in [5.74, 6) is -0.748. The molecule has 7 rings (SSSR count). The standard InChI is InChI=1S/C31H31ClF2N6O3S/c1-14(19-5-4-8-39(19)3)43-30-37-25-22-26(42-10-9-40(29(22)38-30)15-11-31(2,41)12-15)23(32)21(24(25)34)16-6-7-18(33)27-20(16)17(13-35)28(36)44-27/h6-7,14-15,19,41H,4-5,8-12,36H2,1-3H3/t14-,15?,19-,31?/m0/s1. The Morgan fingerprint density at radius 3 is 2.73 bits per heavy atom. The molecule has 0 amide bonds. The number of nitriles is 1. The monoisotopic (exact) mass is 640 g/mol. The van der Waals surface area contributed by atoms with Crippen LogP contribution in [-0.4, -0.2) is 70.5 Å². The molecule has 3 aliphatic rings. The van der Waals surface area contributed by atoms with Gasteiger partial charge < -0.3 is 25.2 Å². The lowest BCUT2D eigenvalue weighted by Crippen LogP contribution is -2.54. The number of nitrogens with two attached hydrogens (primary N) is 1. The Kier molecular flexibility index (Phi) is 7.01. The van der Waals surface area contributed by atoms with E-state index < -0.39 is 17.2 Å². The first-order chi connectivity index (χ1) is 21.0. The normalized spacial score (nSPS) is 24.2. The Morgan fingerprint density at radius 2 is 2.05 bits per heavy atom. The molecule has 4 aromatic rings. The zero-order valence-electron chi connectivity index (χ0n) is 24.5. The Labute approximate surface area is 261 Å². The number of halogens is 3. The second kappa shape index (κ2) is 10.5. The van der Waals surface area contributed by atoms with Gasteiger partial charge in [0.2, 0.25) is 0 Å². The Bertz CT molecular complexity index is 1870. The van der Waals surface area contributed by atoms with Crippen molar-refractivity contribution in [3.63, 3.8) is 0 Å². The smallest absolute Gasteiger partial charge is 0.319 e. The van der Waals surface area contributed by atoms with E-state index in [4.69, 9.17) is 31.8 Å². The minimum absolute atomic E-state index is 0.0122. The van der Waals surface area contributed by atoms with Crippen LogP contribution in [0, 0.1) is 23.0 Å². The van der Waals surface area contributed by atoms with Gasteiger partial charge in [0, 0.05) is 23.0 Å². The molecule has 1 saturated heterocycles. The Balaban J connectivity index is 1.47. The molecule has 13 heteroatoms. The van der Waals surface area contributed by atoms with E-state index in [0.29, 0.717) is 30.6 Å². The van der Waals surface area contributed by atoms with Crippen LogP contribution in [0.5, 0.6) is 11.8 Å². The van der Waals surface area contributed by atoms with Crippen LogP contribution in [0.25, 0.3) is 32.1 Å². The zero-order chi connectivity index (χ0) is 31.1. The molecule has 230 valence electrons. The largest absolute Gasteiger partial charge is 0.489 e. The van der Waals surface area contributed by atoms with Gasteiger partial charge in [0.15, 0.2) is 11.6 Å². The third-order valence-corrected chi connectivity index (χ3v) is 10.6. The number of likely N-dealkylation sites (tertiary alicyclic amines) is 1. The van der Waals surface area contributed by atoms with Crippen molar-refractivity contribution in [3.8, 4) is 29.0 Å². The second-order valence-corrected chi connectivity index (χ2v) is 13.7. The number of fused-ring (bicyclic) bond motifs is 1. The number of aromatic nitrogens is 2. The Hall–Kier alpha value is -3.50. The fraction of sp³-hybridized carbons (Fsp3) is 0.452. The summed E-state index contributed by atoms with van der Waals surface area (Å²) in [5.41, 5.74) is 5.37. The van der Waals surface area contributed by atoms with Crippen molar-refractivity contribution in [2.75, 3.05) is 37.4 Å². The van der Waals surface area contributed by atoms with E-state index in [1.807, 2.05) is 24.9 Å². The third-order valence-electron chi connectivity index (χ3n) is 9.19. The van der Waals surface area contributed by atoms with Crippen molar-refractivity contribution in [2.45, 2.75) is 63.3 Å². The van der Waals surface area contributed by atoms with Crippen molar-refractivity contribution in [1.29, 1.82) is 5.26 Å². The van der Waals surface area contributed by atoms with Gasteiger partial charge in [0.25, 0.3) is 0 Å². The molecule has 2 aromatic heterocycles. The molecule has 4 heterocycles. The number of anilines is 2. The van der Waals surface area contributed by atoms with Crippen molar-refractivity contribution < 1.29 is 23.4 Å². The number of rotatable bonds is 5. The average Bonchev–Trinajstić information content (AvgIpc) is 3.49. The van der Waals surface area contributed by atoms with Gasteiger partial charge in [-0.2, -0.15) is 15.2 Å². The summed E-state index contributed by atoms with van der Waals surface area (Å²) in [7, 11) is 2.05. The van der Waals surface area contributed by atoms with Crippen molar-refractivity contribution in [2.24, 2.45) is 0 Å². The first kappa shape index (κ1) is 29.2. The average molecular weight is 641 g/mol. The lowest BCUT2D eigenvalue weighted by atomic mass is 9.76. The van der Waals surface area contributed by atoms with Crippen LogP contribution in [0.2, 0.25) is 5.02 Å². The maximum absolute atomic E-state index is 17.0. The number of nitrogen functional groups attached to an aromatic ring is 1. The van der Waals surface area contributed by atoms with E-state index in [0.717, 1.165) is 30.7 Å². The van der Waals surface area contributed by atoms with Gasteiger partial charge in [0.1, 0.15) is 40.9 Å². The number of thiophene rings is 1. The molecule has 9 nitrogen and oxygen atoms in total. The van der Waals surface area contributed by atoms with Gasteiger partial charge in [-0.05, 0) is 64.8 Å². The number of aliphatic hydroxyl groups is 1. The fourth-order valence-corrected chi connectivity index (χ4v) is 8.32. The van der Waals surface area contributed by atoms with Gasteiger partial charge in [0.05, 0.1) is 32.8 Å². The molecular weight excluding hydrogens is 610 g/mol. The molecule has 0 bridgehead atoms. The summed E-state index contributed by atoms with van der Waals surface area (Å²) in [6.07, 6.45) is 2.75. The molecule has 1 aliphatic carbocycles. The van der Waals surface area contributed by atoms with E-state index in [1.165, 1.54) is 12.1 Å². The molecule has 2 aromatic carbocycles.